The molecule has 0 unspecified atom stereocenters. The van der Waals surface area contributed by atoms with Gasteiger partial charge in [-0.2, -0.15) is 13.2 Å². The molecule has 1 saturated heterocycles. The zero-order valence-electron chi connectivity index (χ0n) is 14.6. The van der Waals surface area contributed by atoms with Crippen LogP contribution in [-0.2, 0) is 6.18 Å². The average molecular weight is 392 g/mol. The highest BCUT2D eigenvalue weighted by Gasteiger charge is 2.32. The van der Waals surface area contributed by atoms with Crippen LogP contribution in [0.1, 0.15) is 23.3 Å². The summed E-state index contributed by atoms with van der Waals surface area (Å²) in [5, 5.41) is 15.2. The zero-order chi connectivity index (χ0) is 19.7. The van der Waals surface area contributed by atoms with Crippen molar-refractivity contribution in [2.24, 2.45) is 0 Å². The van der Waals surface area contributed by atoms with Crippen molar-refractivity contribution in [2.45, 2.75) is 12.1 Å². The number of nitrogens with one attached hydrogen (secondary N) is 1. The first kappa shape index (κ1) is 18.2. The zero-order valence-corrected chi connectivity index (χ0v) is 14.6. The number of benzene rings is 1. The van der Waals surface area contributed by atoms with Crippen LogP contribution in [0.25, 0.3) is 23.7 Å². The van der Waals surface area contributed by atoms with Crippen molar-refractivity contribution in [3.63, 3.8) is 0 Å². The predicted molar refractivity (Wildman–Crippen MR) is 92.1 cm³/mol. The number of nitrogens with zero attached hydrogens (tertiary/aromatic N) is 5. The van der Waals surface area contributed by atoms with Gasteiger partial charge in [0, 0.05) is 30.9 Å². The Morgan fingerprint density at radius 3 is 2.75 bits per heavy atom. The van der Waals surface area contributed by atoms with Crippen LogP contribution in [0, 0.1) is 0 Å². The van der Waals surface area contributed by atoms with E-state index < -0.39 is 11.7 Å². The van der Waals surface area contributed by atoms with E-state index in [1.54, 1.807) is 6.08 Å². The van der Waals surface area contributed by atoms with Gasteiger partial charge < -0.3 is 14.5 Å². The lowest BCUT2D eigenvalue weighted by Gasteiger charge is -2.22. The fourth-order valence-electron chi connectivity index (χ4n) is 2.57. The van der Waals surface area contributed by atoms with Crippen LogP contribution in [0.15, 0.2) is 28.9 Å². The lowest BCUT2D eigenvalue weighted by atomic mass is 10.0. The van der Waals surface area contributed by atoms with Crippen molar-refractivity contribution in [1.29, 1.82) is 0 Å². The third-order valence-corrected chi connectivity index (χ3v) is 4.19. The monoisotopic (exact) mass is 392 g/mol. The van der Waals surface area contributed by atoms with Gasteiger partial charge in [0.2, 0.25) is 11.8 Å². The summed E-state index contributed by atoms with van der Waals surface area (Å²) in [6.45, 7) is 1.61. The highest BCUT2D eigenvalue weighted by molar-refractivity contribution is 5.60. The molecule has 1 aliphatic rings. The number of hydrogen-bond acceptors (Lipinski definition) is 7. The van der Waals surface area contributed by atoms with Crippen molar-refractivity contribution in [3.8, 4) is 17.1 Å². The SMILES string of the molecule is COc1cc(-c2ncn(/C=C\c3nnc(C4CNC4)o3)n2)cc(C(F)(F)F)c1. The van der Waals surface area contributed by atoms with E-state index in [-0.39, 0.29) is 23.1 Å². The topological polar surface area (TPSA) is 90.9 Å². The molecule has 0 amide bonds. The fourth-order valence-corrected chi connectivity index (χ4v) is 2.57. The summed E-state index contributed by atoms with van der Waals surface area (Å²) < 4.78 is 51.0. The summed E-state index contributed by atoms with van der Waals surface area (Å²) >= 11 is 0. The fraction of sp³-hybridized carbons (Fsp3) is 0.294. The Balaban J connectivity index is 1.55. The Hall–Kier alpha value is -3.21. The first-order chi connectivity index (χ1) is 13.4. The smallest absolute Gasteiger partial charge is 0.416 e. The third kappa shape index (κ3) is 3.74. The number of rotatable bonds is 5. The molecule has 146 valence electrons. The van der Waals surface area contributed by atoms with E-state index in [0.29, 0.717) is 11.8 Å². The highest BCUT2D eigenvalue weighted by Crippen LogP contribution is 2.34. The van der Waals surface area contributed by atoms with Crippen LogP contribution in [0.5, 0.6) is 5.75 Å². The second-order valence-corrected chi connectivity index (χ2v) is 6.15. The van der Waals surface area contributed by atoms with Crippen LogP contribution in [0.4, 0.5) is 13.2 Å². The molecule has 2 aromatic heterocycles. The van der Waals surface area contributed by atoms with Crippen molar-refractivity contribution in [3.05, 3.63) is 41.9 Å². The number of methoxy groups -OCH3 is 1. The molecule has 4 rings (SSSR count). The number of halogens is 3. The maximum atomic E-state index is 13.1. The molecule has 0 saturated carbocycles. The Labute approximate surface area is 157 Å². The first-order valence-corrected chi connectivity index (χ1v) is 8.32. The minimum atomic E-state index is -4.50. The van der Waals surface area contributed by atoms with Crippen LogP contribution >= 0.6 is 0 Å². The lowest BCUT2D eigenvalue weighted by Crippen LogP contribution is -2.40. The second-order valence-electron chi connectivity index (χ2n) is 6.15. The van der Waals surface area contributed by atoms with Gasteiger partial charge in [0.1, 0.15) is 12.1 Å². The summed E-state index contributed by atoms with van der Waals surface area (Å²) in [6.07, 6.45) is -0.0610. The summed E-state index contributed by atoms with van der Waals surface area (Å²) in [6, 6.07) is 3.34. The van der Waals surface area contributed by atoms with Crippen LogP contribution < -0.4 is 10.1 Å². The standard InChI is InChI=1S/C17H15F3N6O2/c1-27-13-5-10(4-12(6-13)17(18,19)20)15-22-9-26(25-15)3-2-14-23-24-16(28-14)11-7-21-8-11/h2-6,9,11,21H,7-8H2,1H3/b3-2-. The molecule has 1 N–H and O–H groups in total. The Morgan fingerprint density at radius 1 is 1.25 bits per heavy atom. The van der Waals surface area contributed by atoms with Crippen molar-refractivity contribution >= 4 is 12.3 Å². The van der Waals surface area contributed by atoms with Gasteiger partial charge in [-0.15, -0.1) is 15.3 Å². The number of alkyl halides is 3. The summed E-state index contributed by atoms with van der Waals surface area (Å²) in [4.78, 5) is 4.06. The molecule has 0 radical (unpaired) electrons. The van der Waals surface area contributed by atoms with Crippen molar-refractivity contribution in [2.75, 3.05) is 20.2 Å². The quantitative estimate of drug-likeness (QED) is 0.714. The van der Waals surface area contributed by atoms with Gasteiger partial charge in [0.05, 0.1) is 18.6 Å². The summed E-state index contributed by atoms with van der Waals surface area (Å²) in [5.41, 5.74) is -0.644. The van der Waals surface area contributed by atoms with Gasteiger partial charge in [-0.25, -0.2) is 9.67 Å². The predicted octanol–water partition coefficient (Wildman–Crippen LogP) is 2.67. The van der Waals surface area contributed by atoms with Gasteiger partial charge in [0.25, 0.3) is 0 Å². The maximum Gasteiger partial charge on any atom is 0.416 e. The minimum Gasteiger partial charge on any atom is -0.497 e. The molecule has 3 heterocycles. The Kier molecular flexibility index (Phi) is 4.59. The molecule has 0 spiro atoms. The summed E-state index contributed by atoms with van der Waals surface area (Å²) in [7, 11) is 1.30. The highest BCUT2D eigenvalue weighted by atomic mass is 19.4. The van der Waals surface area contributed by atoms with Crippen LogP contribution in [0.2, 0.25) is 0 Å². The van der Waals surface area contributed by atoms with E-state index in [0.717, 1.165) is 25.2 Å². The molecule has 1 aliphatic heterocycles. The molecular formula is C17H15F3N6O2. The van der Waals surface area contributed by atoms with Gasteiger partial charge >= 0.3 is 6.18 Å². The molecule has 28 heavy (non-hydrogen) atoms. The van der Waals surface area contributed by atoms with Crippen LogP contribution in [0.3, 0.4) is 0 Å². The average Bonchev–Trinajstić information content (AvgIpc) is 3.27. The Bertz CT molecular complexity index is 1010. The molecular weight excluding hydrogens is 377 g/mol. The van der Waals surface area contributed by atoms with Gasteiger partial charge in [-0.1, -0.05) is 0 Å². The lowest BCUT2D eigenvalue weighted by molar-refractivity contribution is -0.137. The van der Waals surface area contributed by atoms with Crippen molar-refractivity contribution < 1.29 is 22.3 Å². The number of aromatic nitrogens is 5. The molecule has 0 bridgehead atoms. The molecule has 3 aromatic rings. The summed E-state index contributed by atoms with van der Waals surface area (Å²) in [5.74, 6) is 1.29. The molecule has 0 atom stereocenters. The largest absolute Gasteiger partial charge is 0.497 e. The van der Waals surface area contributed by atoms with E-state index in [1.807, 2.05) is 0 Å². The minimum absolute atomic E-state index is 0.0700. The number of ether oxygens (including phenoxy) is 1. The molecule has 1 aromatic carbocycles. The van der Waals surface area contributed by atoms with E-state index >= 15 is 0 Å². The van der Waals surface area contributed by atoms with E-state index in [4.69, 9.17) is 9.15 Å². The normalized spacial score (nSPS) is 15.1. The maximum absolute atomic E-state index is 13.1. The molecule has 11 heteroatoms. The van der Waals surface area contributed by atoms with Crippen molar-refractivity contribution in [1.82, 2.24) is 30.3 Å². The Morgan fingerprint density at radius 2 is 2.07 bits per heavy atom. The van der Waals surface area contributed by atoms with Gasteiger partial charge in [-0.3, -0.25) is 0 Å². The molecule has 1 fully saturated rings. The van der Waals surface area contributed by atoms with E-state index in [9.17, 15) is 13.2 Å². The van der Waals surface area contributed by atoms with Crippen LogP contribution in [-0.4, -0.2) is 45.2 Å². The van der Waals surface area contributed by atoms with E-state index in [1.165, 1.54) is 30.4 Å². The van der Waals surface area contributed by atoms with Gasteiger partial charge in [0.15, 0.2) is 5.82 Å². The first-order valence-electron chi connectivity index (χ1n) is 8.32. The number of hydrogen-bond donors (Lipinski definition) is 1. The second kappa shape index (κ2) is 7.08. The van der Waals surface area contributed by atoms with Gasteiger partial charge in [-0.05, 0) is 18.2 Å². The third-order valence-electron chi connectivity index (χ3n) is 4.19. The molecule has 0 aliphatic carbocycles. The molecule has 8 nitrogen and oxygen atoms in total. The van der Waals surface area contributed by atoms with E-state index in [2.05, 4.69) is 25.6 Å².